The van der Waals surface area contributed by atoms with Crippen LogP contribution in [-0.2, 0) is 4.74 Å². The molecule has 1 aliphatic heterocycles. The highest BCUT2D eigenvalue weighted by molar-refractivity contribution is 5.94. The maximum atomic E-state index is 13.0. The summed E-state index contributed by atoms with van der Waals surface area (Å²) in [4.78, 5) is 21.6. The van der Waals surface area contributed by atoms with Gasteiger partial charge in [-0.15, -0.1) is 0 Å². The molecule has 2 aliphatic carbocycles. The van der Waals surface area contributed by atoms with Gasteiger partial charge < -0.3 is 9.64 Å². The molecule has 1 aromatic heterocycles. The summed E-state index contributed by atoms with van der Waals surface area (Å²) in [5.74, 6) is 2.17. The normalized spacial score (nSPS) is 28.4. The molecule has 0 spiro atoms. The molecule has 5 heteroatoms. The highest BCUT2D eigenvalue weighted by atomic mass is 16.5. The number of hydrogen-bond acceptors (Lipinski definition) is 4. The van der Waals surface area contributed by atoms with E-state index in [1.807, 2.05) is 12.1 Å². The van der Waals surface area contributed by atoms with Crippen molar-refractivity contribution in [2.45, 2.75) is 12.8 Å². The average Bonchev–Trinajstić information content (AvgIpc) is 3.29. The molecule has 1 saturated carbocycles. The molecule has 5 nitrogen and oxygen atoms in total. The fourth-order valence-electron chi connectivity index (χ4n) is 4.43. The van der Waals surface area contributed by atoms with E-state index in [-0.39, 0.29) is 5.91 Å². The number of carbonyl (C=O) groups excluding carboxylic acids is 1. The second-order valence-corrected chi connectivity index (χ2v) is 7.48. The fraction of sp³-hybridized carbons (Fsp3) is 0.600. The first-order chi connectivity index (χ1) is 12.3. The molecule has 4 rings (SSSR count). The number of aromatic nitrogens is 1. The Bertz CT molecular complexity index is 613. The Labute approximate surface area is 149 Å². The number of pyridine rings is 1. The number of amides is 1. The van der Waals surface area contributed by atoms with Crippen molar-refractivity contribution in [2.75, 3.05) is 45.9 Å². The summed E-state index contributed by atoms with van der Waals surface area (Å²) in [6.07, 6.45) is 10.7. The smallest absolute Gasteiger partial charge is 0.254 e. The molecule has 3 aliphatic rings. The van der Waals surface area contributed by atoms with E-state index in [1.54, 1.807) is 12.4 Å². The average molecular weight is 341 g/mol. The van der Waals surface area contributed by atoms with Crippen LogP contribution in [0.2, 0.25) is 0 Å². The quantitative estimate of drug-likeness (QED) is 0.743. The van der Waals surface area contributed by atoms with Crippen LogP contribution in [0.25, 0.3) is 0 Å². The van der Waals surface area contributed by atoms with E-state index in [1.165, 1.54) is 12.8 Å². The summed E-state index contributed by atoms with van der Waals surface area (Å²) >= 11 is 0. The summed E-state index contributed by atoms with van der Waals surface area (Å²) in [5, 5.41) is 0. The molecule has 25 heavy (non-hydrogen) atoms. The van der Waals surface area contributed by atoms with Crippen LogP contribution in [0.3, 0.4) is 0 Å². The van der Waals surface area contributed by atoms with Crippen molar-refractivity contribution in [1.29, 1.82) is 0 Å². The predicted octanol–water partition coefficient (Wildman–Crippen LogP) is 2.07. The van der Waals surface area contributed by atoms with Crippen LogP contribution in [0.4, 0.5) is 0 Å². The maximum absolute atomic E-state index is 13.0. The van der Waals surface area contributed by atoms with E-state index in [4.69, 9.17) is 4.74 Å². The topological polar surface area (TPSA) is 45.7 Å². The first-order valence-electron chi connectivity index (χ1n) is 9.47. The molecular weight excluding hydrogens is 314 g/mol. The third-order valence-electron chi connectivity index (χ3n) is 5.88. The second-order valence-electron chi connectivity index (χ2n) is 7.48. The lowest BCUT2D eigenvalue weighted by atomic mass is 9.93. The Morgan fingerprint density at radius 3 is 2.68 bits per heavy atom. The van der Waals surface area contributed by atoms with Crippen LogP contribution in [-0.4, -0.2) is 66.6 Å². The Morgan fingerprint density at radius 1 is 1.20 bits per heavy atom. The van der Waals surface area contributed by atoms with Gasteiger partial charge in [-0.2, -0.15) is 0 Å². The van der Waals surface area contributed by atoms with Crippen LogP contribution in [0.1, 0.15) is 23.2 Å². The Hall–Kier alpha value is -1.72. The zero-order valence-corrected chi connectivity index (χ0v) is 14.7. The minimum atomic E-state index is 0.141. The highest BCUT2D eigenvalue weighted by Gasteiger charge is 2.37. The van der Waals surface area contributed by atoms with Crippen molar-refractivity contribution in [3.05, 3.63) is 42.2 Å². The number of fused-ring (bicyclic) bond motifs is 2. The summed E-state index contributed by atoms with van der Waals surface area (Å²) in [6.45, 7) is 6.12. The fourth-order valence-corrected chi connectivity index (χ4v) is 4.43. The second kappa shape index (κ2) is 7.67. The van der Waals surface area contributed by atoms with Crippen LogP contribution in [0.15, 0.2) is 36.7 Å². The van der Waals surface area contributed by atoms with Crippen LogP contribution >= 0.6 is 0 Å². The van der Waals surface area contributed by atoms with Gasteiger partial charge in [0.1, 0.15) is 0 Å². The molecule has 2 fully saturated rings. The number of carbonyl (C=O) groups is 1. The SMILES string of the molecule is O=C(c1ccncc1)N(CCN1CCOCC1)CC1CC2C=CC1C2. The van der Waals surface area contributed by atoms with Crippen molar-refractivity contribution in [2.24, 2.45) is 17.8 Å². The Morgan fingerprint density at radius 2 is 2.00 bits per heavy atom. The largest absolute Gasteiger partial charge is 0.379 e. The minimum absolute atomic E-state index is 0.141. The minimum Gasteiger partial charge on any atom is -0.379 e. The van der Waals surface area contributed by atoms with Crippen molar-refractivity contribution in [1.82, 2.24) is 14.8 Å². The number of nitrogens with zero attached hydrogens (tertiary/aromatic N) is 3. The monoisotopic (exact) mass is 341 g/mol. The summed E-state index contributed by atoms with van der Waals surface area (Å²) in [5.41, 5.74) is 0.746. The lowest BCUT2D eigenvalue weighted by Gasteiger charge is -2.32. The van der Waals surface area contributed by atoms with E-state index in [0.29, 0.717) is 11.8 Å². The van der Waals surface area contributed by atoms with E-state index >= 15 is 0 Å². The van der Waals surface area contributed by atoms with Gasteiger partial charge in [0.25, 0.3) is 5.91 Å². The lowest BCUT2D eigenvalue weighted by Crippen LogP contribution is -2.44. The van der Waals surface area contributed by atoms with Crippen molar-refractivity contribution >= 4 is 5.91 Å². The van der Waals surface area contributed by atoms with Gasteiger partial charge in [0, 0.05) is 50.7 Å². The van der Waals surface area contributed by atoms with Crippen LogP contribution in [0.5, 0.6) is 0 Å². The molecule has 3 atom stereocenters. The first kappa shape index (κ1) is 16.7. The van der Waals surface area contributed by atoms with Gasteiger partial charge in [-0.1, -0.05) is 12.2 Å². The van der Waals surface area contributed by atoms with E-state index < -0.39 is 0 Å². The van der Waals surface area contributed by atoms with E-state index in [9.17, 15) is 4.79 Å². The van der Waals surface area contributed by atoms with Gasteiger partial charge in [0.05, 0.1) is 13.2 Å². The molecule has 0 N–H and O–H groups in total. The lowest BCUT2D eigenvalue weighted by molar-refractivity contribution is 0.0313. The van der Waals surface area contributed by atoms with Crippen molar-refractivity contribution < 1.29 is 9.53 Å². The van der Waals surface area contributed by atoms with Crippen LogP contribution < -0.4 is 0 Å². The van der Waals surface area contributed by atoms with Gasteiger partial charge in [-0.25, -0.2) is 0 Å². The highest BCUT2D eigenvalue weighted by Crippen LogP contribution is 2.43. The molecular formula is C20H27N3O2. The number of allylic oxidation sites excluding steroid dienone is 2. The zero-order valence-electron chi connectivity index (χ0n) is 14.7. The zero-order chi connectivity index (χ0) is 17.1. The van der Waals surface area contributed by atoms with Crippen LogP contribution in [0, 0.1) is 17.8 Å². The predicted molar refractivity (Wildman–Crippen MR) is 96.2 cm³/mol. The molecule has 3 unspecified atom stereocenters. The summed E-state index contributed by atoms with van der Waals surface area (Å²) in [7, 11) is 0. The molecule has 1 aromatic rings. The van der Waals surface area contributed by atoms with Crippen molar-refractivity contribution in [3.8, 4) is 0 Å². The van der Waals surface area contributed by atoms with E-state index in [2.05, 4.69) is 26.9 Å². The van der Waals surface area contributed by atoms with Gasteiger partial charge in [0.15, 0.2) is 0 Å². The molecule has 134 valence electrons. The summed E-state index contributed by atoms with van der Waals surface area (Å²) < 4.78 is 5.43. The molecule has 2 heterocycles. The number of rotatable bonds is 6. The molecule has 0 radical (unpaired) electrons. The van der Waals surface area contributed by atoms with Gasteiger partial charge in [-0.3, -0.25) is 14.7 Å². The Kier molecular flexibility index (Phi) is 5.13. The molecule has 0 aromatic carbocycles. The van der Waals surface area contributed by atoms with E-state index in [0.717, 1.165) is 57.4 Å². The standard InChI is InChI=1S/C20H27N3O2/c24-20(17-3-5-21-6-4-17)23(8-7-22-9-11-25-12-10-22)15-19-14-16-1-2-18(19)13-16/h1-6,16,18-19H,7-15H2. The van der Waals surface area contributed by atoms with Gasteiger partial charge in [-0.05, 0) is 42.7 Å². The molecule has 1 saturated heterocycles. The molecule has 1 amide bonds. The third kappa shape index (κ3) is 3.93. The number of morpholine rings is 1. The van der Waals surface area contributed by atoms with Crippen molar-refractivity contribution in [3.63, 3.8) is 0 Å². The third-order valence-corrected chi connectivity index (χ3v) is 5.88. The summed E-state index contributed by atoms with van der Waals surface area (Å²) in [6, 6.07) is 3.65. The Balaban J connectivity index is 1.42. The maximum Gasteiger partial charge on any atom is 0.254 e. The van der Waals surface area contributed by atoms with Gasteiger partial charge in [0.2, 0.25) is 0 Å². The number of ether oxygens (including phenoxy) is 1. The van der Waals surface area contributed by atoms with Gasteiger partial charge >= 0.3 is 0 Å². The molecule has 2 bridgehead atoms. The first-order valence-corrected chi connectivity index (χ1v) is 9.47. The number of hydrogen-bond donors (Lipinski definition) is 0.